The first-order chi connectivity index (χ1) is 7.61. The van der Waals surface area contributed by atoms with E-state index in [-0.39, 0.29) is 5.56 Å². The van der Waals surface area contributed by atoms with Crippen molar-refractivity contribution in [2.75, 3.05) is 0 Å². The van der Waals surface area contributed by atoms with Gasteiger partial charge in [0.25, 0.3) is 5.56 Å². The van der Waals surface area contributed by atoms with Crippen LogP contribution in [0.1, 0.15) is 37.1 Å². The number of rotatable bonds is 2. The molecule has 88 valence electrons. The Kier molecular flexibility index (Phi) is 3.15. The third-order valence-corrected chi connectivity index (χ3v) is 3.70. The van der Waals surface area contributed by atoms with E-state index in [2.05, 4.69) is 18.8 Å². The van der Waals surface area contributed by atoms with E-state index in [1.54, 1.807) is 0 Å². The van der Waals surface area contributed by atoms with Crippen LogP contribution in [0.15, 0.2) is 10.9 Å². The molecule has 1 unspecified atom stereocenters. The van der Waals surface area contributed by atoms with E-state index in [9.17, 15) is 4.79 Å². The fourth-order valence-electron chi connectivity index (χ4n) is 2.50. The second kappa shape index (κ2) is 4.42. The molecule has 0 bridgehead atoms. The molecule has 1 atom stereocenters. The van der Waals surface area contributed by atoms with Gasteiger partial charge < -0.3 is 10.7 Å². The number of nitrogens with two attached hydrogens (primary N) is 1. The lowest BCUT2D eigenvalue weighted by Crippen LogP contribution is -2.25. The summed E-state index contributed by atoms with van der Waals surface area (Å²) in [6, 6.07) is 2.00. The Morgan fingerprint density at radius 1 is 1.56 bits per heavy atom. The van der Waals surface area contributed by atoms with Gasteiger partial charge in [-0.05, 0) is 42.7 Å². The Hall–Kier alpha value is -1.09. The molecule has 0 aliphatic heterocycles. The van der Waals surface area contributed by atoms with Crippen LogP contribution in [0.4, 0.5) is 0 Å². The number of H-pyrrole nitrogens is 1. The number of aromatic amines is 1. The first-order valence-electron chi connectivity index (χ1n) is 6.05. The highest BCUT2D eigenvalue weighted by Crippen LogP contribution is 2.28. The molecule has 3 N–H and O–H groups in total. The summed E-state index contributed by atoms with van der Waals surface area (Å²) in [6.45, 7) is 4.87. The average Bonchev–Trinajstić information content (AvgIpc) is 2.27. The second-order valence-corrected chi connectivity index (χ2v) is 5.08. The van der Waals surface area contributed by atoms with E-state index in [1.165, 1.54) is 12.0 Å². The summed E-state index contributed by atoms with van der Waals surface area (Å²) in [7, 11) is 0. The van der Waals surface area contributed by atoms with Crippen molar-refractivity contribution < 1.29 is 0 Å². The zero-order valence-corrected chi connectivity index (χ0v) is 10.0. The maximum atomic E-state index is 11.6. The van der Waals surface area contributed by atoms with Gasteiger partial charge in [0, 0.05) is 17.8 Å². The summed E-state index contributed by atoms with van der Waals surface area (Å²) >= 11 is 0. The van der Waals surface area contributed by atoms with Crippen molar-refractivity contribution in [3.63, 3.8) is 0 Å². The van der Waals surface area contributed by atoms with E-state index < -0.39 is 0 Å². The SMILES string of the molecule is CC(C)C1CCc2[nH]c(=O)c(CN)cc2C1. The zero-order valence-electron chi connectivity index (χ0n) is 10.0. The van der Waals surface area contributed by atoms with Gasteiger partial charge in [-0.2, -0.15) is 0 Å². The van der Waals surface area contributed by atoms with Crippen molar-refractivity contribution in [1.29, 1.82) is 0 Å². The summed E-state index contributed by atoms with van der Waals surface area (Å²) < 4.78 is 0. The quantitative estimate of drug-likeness (QED) is 0.795. The molecule has 0 saturated heterocycles. The minimum atomic E-state index is -0.00996. The number of nitrogens with one attached hydrogen (secondary N) is 1. The highest BCUT2D eigenvalue weighted by atomic mass is 16.1. The third kappa shape index (κ3) is 2.05. The lowest BCUT2D eigenvalue weighted by molar-refractivity contribution is 0.340. The van der Waals surface area contributed by atoms with Crippen molar-refractivity contribution in [3.05, 3.63) is 33.2 Å². The second-order valence-electron chi connectivity index (χ2n) is 5.08. The van der Waals surface area contributed by atoms with Gasteiger partial charge in [0.2, 0.25) is 0 Å². The van der Waals surface area contributed by atoms with Crippen molar-refractivity contribution >= 4 is 0 Å². The molecule has 1 heterocycles. The first kappa shape index (κ1) is 11.4. The van der Waals surface area contributed by atoms with Gasteiger partial charge in [-0.15, -0.1) is 0 Å². The Bertz CT molecular complexity index is 434. The molecule has 16 heavy (non-hydrogen) atoms. The van der Waals surface area contributed by atoms with Crippen LogP contribution in [0.2, 0.25) is 0 Å². The van der Waals surface area contributed by atoms with Crippen LogP contribution in [-0.2, 0) is 19.4 Å². The molecule has 0 radical (unpaired) electrons. The normalized spacial score (nSPS) is 19.9. The molecule has 3 nitrogen and oxygen atoms in total. The van der Waals surface area contributed by atoms with Gasteiger partial charge in [0.05, 0.1) is 0 Å². The molecule has 0 amide bonds. The van der Waals surface area contributed by atoms with Crippen molar-refractivity contribution in [1.82, 2.24) is 4.98 Å². The summed E-state index contributed by atoms with van der Waals surface area (Å²) in [5, 5.41) is 0. The van der Waals surface area contributed by atoms with Crippen molar-refractivity contribution in [2.24, 2.45) is 17.6 Å². The van der Waals surface area contributed by atoms with Crippen LogP contribution in [0.3, 0.4) is 0 Å². The molecule has 0 spiro atoms. The van der Waals surface area contributed by atoms with Crippen LogP contribution in [0.25, 0.3) is 0 Å². The predicted molar refractivity (Wildman–Crippen MR) is 65.3 cm³/mol. The number of aryl methyl sites for hydroxylation is 1. The minimum absolute atomic E-state index is 0.00996. The van der Waals surface area contributed by atoms with Gasteiger partial charge in [-0.1, -0.05) is 13.8 Å². The molecule has 2 rings (SSSR count). The zero-order chi connectivity index (χ0) is 11.7. The van der Waals surface area contributed by atoms with E-state index in [4.69, 9.17) is 5.73 Å². The molecule has 1 aliphatic rings. The Morgan fingerprint density at radius 2 is 2.31 bits per heavy atom. The minimum Gasteiger partial charge on any atom is -0.326 e. The van der Waals surface area contributed by atoms with Gasteiger partial charge >= 0.3 is 0 Å². The Balaban J connectivity index is 2.34. The van der Waals surface area contributed by atoms with Crippen LogP contribution in [0, 0.1) is 11.8 Å². The monoisotopic (exact) mass is 220 g/mol. The molecular weight excluding hydrogens is 200 g/mol. The van der Waals surface area contributed by atoms with Crippen LogP contribution in [0.5, 0.6) is 0 Å². The van der Waals surface area contributed by atoms with Crippen LogP contribution < -0.4 is 11.3 Å². The molecule has 1 aromatic heterocycles. The van der Waals surface area contributed by atoms with Crippen molar-refractivity contribution in [2.45, 2.75) is 39.7 Å². The number of pyridine rings is 1. The fraction of sp³-hybridized carbons (Fsp3) is 0.615. The summed E-state index contributed by atoms with van der Waals surface area (Å²) in [5.74, 6) is 1.45. The lowest BCUT2D eigenvalue weighted by atomic mass is 9.80. The van der Waals surface area contributed by atoms with Gasteiger partial charge in [-0.3, -0.25) is 4.79 Å². The van der Waals surface area contributed by atoms with Crippen molar-refractivity contribution in [3.8, 4) is 0 Å². The van der Waals surface area contributed by atoms with E-state index >= 15 is 0 Å². The van der Waals surface area contributed by atoms with E-state index in [1.807, 2.05) is 6.07 Å². The number of aromatic nitrogens is 1. The largest absolute Gasteiger partial charge is 0.326 e. The van der Waals surface area contributed by atoms with E-state index in [0.717, 1.165) is 24.5 Å². The number of hydrogen-bond acceptors (Lipinski definition) is 2. The molecule has 0 fully saturated rings. The number of fused-ring (bicyclic) bond motifs is 1. The van der Waals surface area contributed by atoms with Gasteiger partial charge in [0.1, 0.15) is 0 Å². The standard InChI is InChI=1S/C13H20N2O/c1-8(2)9-3-4-12-10(5-9)6-11(7-14)13(16)15-12/h6,8-9H,3-5,7,14H2,1-2H3,(H,15,16). The lowest BCUT2D eigenvalue weighted by Gasteiger charge is -2.27. The van der Waals surface area contributed by atoms with Crippen LogP contribution >= 0.6 is 0 Å². The van der Waals surface area contributed by atoms with E-state index in [0.29, 0.717) is 18.0 Å². The summed E-state index contributed by atoms with van der Waals surface area (Å²) in [6.07, 6.45) is 3.26. The number of hydrogen-bond donors (Lipinski definition) is 2. The fourth-order valence-corrected chi connectivity index (χ4v) is 2.50. The predicted octanol–water partition coefficient (Wildman–Crippen LogP) is 1.59. The molecule has 3 heteroatoms. The molecule has 0 saturated carbocycles. The smallest absolute Gasteiger partial charge is 0.252 e. The van der Waals surface area contributed by atoms with Gasteiger partial charge in [-0.25, -0.2) is 0 Å². The van der Waals surface area contributed by atoms with Gasteiger partial charge in [0.15, 0.2) is 0 Å². The van der Waals surface area contributed by atoms with Crippen LogP contribution in [-0.4, -0.2) is 4.98 Å². The Labute approximate surface area is 96.1 Å². The maximum absolute atomic E-state index is 11.6. The molecule has 0 aromatic carbocycles. The molecule has 1 aliphatic carbocycles. The Morgan fingerprint density at radius 3 is 2.94 bits per heavy atom. The third-order valence-electron chi connectivity index (χ3n) is 3.70. The molecule has 1 aromatic rings. The maximum Gasteiger partial charge on any atom is 0.252 e. The average molecular weight is 220 g/mol. The highest BCUT2D eigenvalue weighted by molar-refractivity contribution is 5.28. The molecular formula is C13H20N2O. The summed E-state index contributed by atoms with van der Waals surface area (Å²) in [5.41, 5.74) is 8.68. The highest BCUT2D eigenvalue weighted by Gasteiger charge is 2.22. The first-order valence-corrected chi connectivity index (χ1v) is 6.05. The topological polar surface area (TPSA) is 58.9 Å². The summed E-state index contributed by atoms with van der Waals surface area (Å²) in [4.78, 5) is 14.6.